The molecule has 1 aromatic heterocycles. The van der Waals surface area contributed by atoms with Gasteiger partial charge in [0.15, 0.2) is 0 Å². The van der Waals surface area contributed by atoms with E-state index in [4.69, 9.17) is 4.42 Å². The van der Waals surface area contributed by atoms with Crippen LogP contribution in [0.4, 0.5) is 0 Å². The first-order valence-electron chi connectivity index (χ1n) is 7.22. The molecule has 1 fully saturated rings. The topological polar surface area (TPSA) is 79.5 Å². The highest BCUT2D eigenvalue weighted by atomic mass is 32.2. The third-order valence-corrected chi connectivity index (χ3v) is 6.81. The van der Waals surface area contributed by atoms with E-state index in [0.29, 0.717) is 22.3 Å². The molecule has 2 N–H and O–H groups in total. The maximum Gasteiger partial charge on any atom is 0.244 e. The van der Waals surface area contributed by atoms with Crippen LogP contribution >= 0.6 is 11.8 Å². The molecule has 0 aromatic carbocycles. The lowest BCUT2D eigenvalue weighted by atomic mass is 10.2. The molecule has 5 nitrogen and oxygen atoms in total. The molecule has 1 aliphatic rings. The number of hydrogen-bond acceptors (Lipinski definition) is 5. The molecule has 2 atom stereocenters. The minimum Gasteiger partial charge on any atom is -0.465 e. The van der Waals surface area contributed by atoms with Crippen molar-refractivity contribution in [1.82, 2.24) is 4.72 Å². The summed E-state index contributed by atoms with van der Waals surface area (Å²) in [6, 6.07) is -0.0276. The minimum atomic E-state index is -3.65. The highest BCUT2D eigenvalue weighted by molar-refractivity contribution is 7.99. The summed E-state index contributed by atoms with van der Waals surface area (Å²) in [5, 5.41) is 9.93. The van der Waals surface area contributed by atoms with Crippen LogP contribution in [0.15, 0.2) is 9.31 Å². The Morgan fingerprint density at radius 1 is 1.33 bits per heavy atom. The summed E-state index contributed by atoms with van der Waals surface area (Å²) in [7, 11) is -3.65. The summed E-state index contributed by atoms with van der Waals surface area (Å²) in [5.41, 5.74) is 0.359. The molecule has 0 spiro atoms. The van der Waals surface area contributed by atoms with Crippen molar-refractivity contribution in [1.29, 1.82) is 0 Å². The number of sulfonamides is 1. The molecule has 21 heavy (non-hydrogen) atoms. The lowest BCUT2D eigenvalue weighted by molar-refractivity contribution is 0.276. The van der Waals surface area contributed by atoms with Crippen LogP contribution in [0.1, 0.15) is 43.3 Å². The summed E-state index contributed by atoms with van der Waals surface area (Å²) >= 11 is 1.89. The fourth-order valence-electron chi connectivity index (χ4n) is 2.96. The van der Waals surface area contributed by atoms with Crippen molar-refractivity contribution < 1.29 is 17.9 Å². The monoisotopic (exact) mass is 333 g/mol. The highest BCUT2D eigenvalue weighted by Gasteiger charge is 2.32. The molecule has 0 saturated heterocycles. The zero-order valence-electron chi connectivity index (χ0n) is 12.7. The predicted molar refractivity (Wildman–Crippen MR) is 84.0 cm³/mol. The molecule has 2 unspecified atom stereocenters. The van der Waals surface area contributed by atoms with E-state index in [0.717, 1.165) is 25.0 Å². The van der Waals surface area contributed by atoms with Crippen LogP contribution in [0.5, 0.6) is 0 Å². The van der Waals surface area contributed by atoms with Gasteiger partial charge in [0.05, 0.1) is 6.61 Å². The maximum absolute atomic E-state index is 12.6. The first kappa shape index (κ1) is 16.9. The van der Waals surface area contributed by atoms with Crippen LogP contribution in [-0.2, 0) is 16.6 Å². The summed E-state index contributed by atoms with van der Waals surface area (Å²) in [4.78, 5) is 0.106. The van der Waals surface area contributed by atoms with E-state index in [9.17, 15) is 13.5 Å². The molecular formula is C14H23NO4S2. The SMILES string of the molecule is CCSC1CCC(NS(=O)(=O)c2c(C)oc(C)c2CO)C1. The Bertz CT molecular complexity index is 594. The fraction of sp³-hybridized carbons (Fsp3) is 0.714. The summed E-state index contributed by atoms with van der Waals surface area (Å²) in [5.74, 6) is 1.85. The van der Waals surface area contributed by atoms with Crippen molar-refractivity contribution in [3.8, 4) is 0 Å². The van der Waals surface area contributed by atoms with Crippen LogP contribution in [-0.4, -0.2) is 30.6 Å². The summed E-state index contributed by atoms with van der Waals surface area (Å²) in [6.07, 6.45) is 2.77. The van der Waals surface area contributed by atoms with Crippen LogP contribution in [0.25, 0.3) is 0 Å². The summed E-state index contributed by atoms with van der Waals surface area (Å²) in [6.45, 7) is 5.07. The molecule has 1 heterocycles. The predicted octanol–water partition coefficient (Wildman–Crippen LogP) is 2.34. The van der Waals surface area contributed by atoms with Crippen LogP contribution in [0, 0.1) is 13.8 Å². The van der Waals surface area contributed by atoms with Gasteiger partial charge in [-0.25, -0.2) is 13.1 Å². The standard InChI is InChI=1S/C14H23NO4S2/c1-4-20-12-6-5-11(7-12)15-21(17,18)14-10(3)19-9(2)13(14)8-16/h11-12,15-16H,4-8H2,1-3H3. The number of aliphatic hydroxyl groups excluding tert-OH is 1. The lowest BCUT2D eigenvalue weighted by Gasteiger charge is -2.14. The van der Waals surface area contributed by atoms with E-state index < -0.39 is 10.0 Å². The molecule has 0 amide bonds. The largest absolute Gasteiger partial charge is 0.465 e. The van der Waals surface area contributed by atoms with E-state index in [-0.39, 0.29) is 17.5 Å². The molecule has 0 aliphatic heterocycles. The number of hydrogen-bond donors (Lipinski definition) is 2. The molecule has 120 valence electrons. The molecule has 1 saturated carbocycles. The molecule has 7 heteroatoms. The van der Waals surface area contributed by atoms with Crippen molar-refractivity contribution in [2.45, 2.75) is 62.8 Å². The molecule has 2 rings (SSSR count). The maximum atomic E-state index is 12.6. The van der Waals surface area contributed by atoms with E-state index >= 15 is 0 Å². The Morgan fingerprint density at radius 3 is 2.67 bits per heavy atom. The van der Waals surface area contributed by atoms with Gasteiger partial charge in [0, 0.05) is 16.9 Å². The van der Waals surface area contributed by atoms with Gasteiger partial charge in [-0.05, 0) is 38.9 Å². The van der Waals surface area contributed by atoms with Gasteiger partial charge in [-0.15, -0.1) is 0 Å². The molecular weight excluding hydrogens is 310 g/mol. The van der Waals surface area contributed by atoms with Gasteiger partial charge >= 0.3 is 0 Å². The average molecular weight is 333 g/mol. The Morgan fingerprint density at radius 2 is 2.05 bits per heavy atom. The minimum absolute atomic E-state index is 0.0276. The Kier molecular flexibility index (Phi) is 5.40. The van der Waals surface area contributed by atoms with E-state index in [1.807, 2.05) is 11.8 Å². The molecule has 1 aromatic rings. The van der Waals surface area contributed by atoms with E-state index in [1.54, 1.807) is 13.8 Å². The van der Waals surface area contributed by atoms with Crippen molar-refractivity contribution >= 4 is 21.8 Å². The van der Waals surface area contributed by atoms with Crippen molar-refractivity contribution in [3.05, 3.63) is 17.1 Å². The Labute approximate surface area is 130 Å². The number of furan rings is 1. The first-order valence-corrected chi connectivity index (χ1v) is 9.75. The Hall–Kier alpha value is -0.500. The normalized spacial score (nSPS) is 22.9. The van der Waals surface area contributed by atoms with Gasteiger partial charge < -0.3 is 9.52 Å². The van der Waals surface area contributed by atoms with Crippen molar-refractivity contribution in [2.24, 2.45) is 0 Å². The number of thioether (sulfide) groups is 1. The Balaban J connectivity index is 2.17. The first-order chi connectivity index (χ1) is 9.89. The molecule has 1 aliphatic carbocycles. The molecule has 0 bridgehead atoms. The molecule has 0 radical (unpaired) electrons. The van der Waals surface area contributed by atoms with Crippen LogP contribution in [0.2, 0.25) is 0 Å². The van der Waals surface area contributed by atoms with Gasteiger partial charge in [-0.3, -0.25) is 0 Å². The van der Waals surface area contributed by atoms with Crippen LogP contribution in [0.3, 0.4) is 0 Å². The smallest absolute Gasteiger partial charge is 0.244 e. The van der Waals surface area contributed by atoms with Gasteiger partial charge in [0.1, 0.15) is 16.4 Å². The van der Waals surface area contributed by atoms with Gasteiger partial charge in [-0.1, -0.05) is 6.92 Å². The van der Waals surface area contributed by atoms with Gasteiger partial charge in [-0.2, -0.15) is 11.8 Å². The summed E-state index contributed by atoms with van der Waals surface area (Å²) < 4.78 is 33.3. The third kappa shape index (κ3) is 3.64. The third-order valence-electron chi connectivity index (χ3n) is 3.86. The van der Waals surface area contributed by atoms with E-state index in [2.05, 4.69) is 11.6 Å². The lowest BCUT2D eigenvalue weighted by Crippen LogP contribution is -2.33. The quantitative estimate of drug-likeness (QED) is 0.835. The highest BCUT2D eigenvalue weighted by Crippen LogP contribution is 2.32. The second kappa shape index (κ2) is 6.73. The number of rotatable bonds is 6. The fourth-order valence-corrected chi connectivity index (χ4v) is 5.82. The van der Waals surface area contributed by atoms with Gasteiger partial charge in [0.2, 0.25) is 10.0 Å². The zero-order valence-corrected chi connectivity index (χ0v) is 14.3. The van der Waals surface area contributed by atoms with Crippen molar-refractivity contribution in [3.63, 3.8) is 0 Å². The number of aliphatic hydroxyl groups is 1. The number of nitrogens with one attached hydrogen (secondary N) is 1. The second-order valence-electron chi connectivity index (χ2n) is 5.39. The van der Waals surface area contributed by atoms with Crippen LogP contribution < -0.4 is 4.72 Å². The second-order valence-corrected chi connectivity index (χ2v) is 8.62. The van der Waals surface area contributed by atoms with Gasteiger partial charge in [0.25, 0.3) is 0 Å². The van der Waals surface area contributed by atoms with Crippen molar-refractivity contribution in [2.75, 3.05) is 5.75 Å². The van der Waals surface area contributed by atoms with E-state index in [1.165, 1.54) is 0 Å². The number of aryl methyl sites for hydroxylation is 2. The zero-order chi connectivity index (χ0) is 15.6. The average Bonchev–Trinajstić information content (AvgIpc) is 2.93.